The van der Waals surface area contributed by atoms with E-state index in [0.717, 1.165) is 25.3 Å². The quantitative estimate of drug-likeness (QED) is 0.743. The van der Waals surface area contributed by atoms with E-state index in [4.69, 9.17) is 0 Å². The number of carbonyl (C=O) groups is 1. The number of carbonyl (C=O) groups excluding carboxylic acids is 1. The fourth-order valence-corrected chi connectivity index (χ4v) is 1.92. The van der Waals surface area contributed by atoms with Gasteiger partial charge in [-0.3, -0.25) is 4.79 Å². The van der Waals surface area contributed by atoms with E-state index < -0.39 is 0 Å². The Morgan fingerprint density at radius 1 is 1.59 bits per heavy atom. The minimum Gasteiger partial charge on any atom is -0.335 e. The number of hydrogen-bond donors (Lipinski definition) is 1. The SMILES string of the molecule is CCCn1ccnc1CC(=O)CCNC1CC1. The first-order valence-corrected chi connectivity index (χ1v) is 6.54. The van der Waals surface area contributed by atoms with E-state index in [-0.39, 0.29) is 5.78 Å². The van der Waals surface area contributed by atoms with Crippen molar-refractivity contribution >= 4 is 5.78 Å². The van der Waals surface area contributed by atoms with Gasteiger partial charge in [0.05, 0.1) is 6.42 Å². The van der Waals surface area contributed by atoms with Gasteiger partial charge in [0.2, 0.25) is 0 Å². The zero-order chi connectivity index (χ0) is 12.1. The summed E-state index contributed by atoms with van der Waals surface area (Å²) in [5, 5.41) is 3.36. The summed E-state index contributed by atoms with van der Waals surface area (Å²) in [6.45, 7) is 3.89. The number of Topliss-reactive ketones (excluding diaryl/α,β-unsaturated/α-hetero) is 1. The second kappa shape index (κ2) is 5.96. The fourth-order valence-electron chi connectivity index (χ4n) is 1.92. The first-order chi connectivity index (χ1) is 8.29. The van der Waals surface area contributed by atoms with Gasteiger partial charge in [0.25, 0.3) is 0 Å². The van der Waals surface area contributed by atoms with Gasteiger partial charge in [-0.25, -0.2) is 4.98 Å². The molecule has 1 aromatic rings. The van der Waals surface area contributed by atoms with Gasteiger partial charge >= 0.3 is 0 Å². The summed E-state index contributed by atoms with van der Waals surface area (Å²) in [4.78, 5) is 16.0. The molecule has 0 bridgehead atoms. The molecule has 1 aromatic heterocycles. The molecule has 0 atom stereocenters. The Balaban J connectivity index is 1.73. The van der Waals surface area contributed by atoms with Crippen LogP contribution in [0.2, 0.25) is 0 Å². The summed E-state index contributed by atoms with van der Waals surface area (Å²) in [7, 11) is 0. The average molecular weight is 235 g/mol. The van der Waals surface area contributed by atoms with Crippen molar-refractivity contribution in [3.8, 4) is 0 Å². The van der Waals surface area contributed by atoms with Gasteiger partial charge in [0.1, 0.15) is 11.6 Å². The maximum absolute atomic E-state index is 11.8. The van der Waals surface area contributed by atoms with Crippen molar-refractivity contribution in [1.29, 1.82) is 0 Å². The molecule has 1 aliphatic carbocycles. The summed E-state index contributed by atoms with van der Waals surface area (Å²) in [5.74, 6) is 1.19. The third-order valence-electron chi connectivity index (χ3n) is 3.04. The maximum Gasteiger partial charge on any atom is 0.141 e. The van der Waals surface area contributed by atoms with E-state index in [1.165, 1.54) is 12.8 Å². The Bertz CT molecular complexity index is 368. The molecule has 1 fully saturated rings. The van der Waals surface area contributed by atoms with Gasteiger partial charge in [-0.05, 0) is 19.3 Å². The molecule has 4 heteroatoms. The normalized spacial score (nSPS) is 15.1. The number of nitrogens with one attached hydrogen (secondary N) is 1. The molecule has 1 heterocycles. The van der Waals surface area contributed by atoms with Crippen molar-refractivity contribution in [3.63, 3.8) is 0 Å². The minimum absolute atomic E-state index is 0.279. The van der Waals surface area contributed by atoms with Crippen LogP contribution in [-0.4, -0.2) is 27.9 Å². The number of aromatic nitrogens is 2. The summed E-state index contributed by atoms with van der Waals surface area (Å²) in [6.07, 6.45) is 8.44. The predicted octanol–water partition coefficient (Wildman–Crippen LogP) is 1.55. The lowest BCUT2D eigenvalue weighted by Crippen LogP contribution is -2.21. The number of hydrogen-bond acceptors (Lipinski definition) is 3. The lowest BCUT2D eigenvalue weighted by atomic mass is 10.2. The number of imidazole rings is 1. The van der Waals surface area contributed by atoms with Crippen LogP contribution in [0.15, 0.2) is 12.4 Å². The van der Waals surface area contributed by atoms with Crippen molar-refractivity contribution in [2.45, 2.75) is 51.6 Å². The molecule has 94 valence electrons. The standard InChI is InChI=1S/C13H21N3O/c1-2-8-16-9-7-15-13(16)10-12(17)5-6-14-11-3-4-11/h7,9,11,14H,2-6,8,10H2,1H3. The monoisotopic (exact) mass is 235 g/mol. The van der Waals surface area contributed by atoms with Crippen LogP contribution in [0.4, 0.5) is 0 Å². The highest BCUT2D eigenvalue weighted by molar-refractivity contribution is 5.80. The average Bonchev–Trinajstić information content (AvgIpc) is 3.02. The zero-order valence-corrected chi connectivity index (χ0v) is 10.5. The number of ketones is 1. The molecule has 0 aliphatic heterocycles. The Kier molecular flexibility index (Phi) is 4.31. The second-order valence-corrected chi connectivity index (χ2v) is 4.73. The van der Waals surface area contributed by atoms with E-state index in [1.54, 1.807) is 6.20 Å². The van der Waals surface area contributed by atoms with Crippen molar-refractivity contribution in [1.82, 2.24) is 14.9 Å². The third kappa shape index (κ3) is 3.97. The van der Waals surface area contributed by atoms with E-state index in [1.807, 2.05) is 6.20 Å². The van der Waals surface area contributed by atoms with Crippen molar-refractivity contribution < 1.29 is 4.79 Å². The topological polar surface area (TPSA) is 46.9 Å². The predicted molar refractivity (Wildman–Crippen MR) is 66.9 cm³/mol. The summed E-state index contributed by atoms with van der Waals surface area (Å²) >= 11 is 0. The Morgan fingerprint density at radius 2 is 2.41 bits per heavy atom. The number of rotatable bonds is 8. The Hall–Kier alpha value is -1.16. The van der Waals surface area contributed by atoms with Crippen LogP contribution >= 0.6 is 0 Å². The van der Waals surface area contributed by atoms with Crippen LogP contribution in [0.1, 0.15) is 38.4 Å². The highest BCUT2D eigenvalue weighted by atomic mass is 16.1. The van der Waals surface area contributed by atoms with Gasteiger partial charge in [0.15, 0.2) is 0 Å². The molecule has 1 N–H and O–H groups in total. The molecule has 0 spiro atoms. The third-order valence-corrected chi connectivity index (χ3v) is 3.04. The van der Waals surface area contributed by atoms with Crippen molar-refractivity contribution in [3.05, 3.63) is 18.2 Å². The summed E-state index contributed by atoms with van der Waals surface area (Å²) < 4.78 is 2.08. The molecule has 0 radical (unpaired) electrons. The number of aryl methyl sites for hydroxylation is 1. The molecule has 0 aromatic carbocycles. The van der Waals surface area contributed by atoms with E-state index in [9.17, 15) is 4.79 Å². The first kappa shape index (κ1) is 12.3. The smallest absolute Gasteiger partial charge is 0.141 e. The second-order valence-electron chi connectivity index (χ2n) is 4.73. The van der Waals surface area contributed by atoms with Crippen LogP contribution < -0.4 is 5.32 Å². The summed E-state index contributed by atoms with van der Waals surface area (Å²) in [5.41, 5.74) is 0. The van der Waals surface area contributed by atoms with Gasteiger partial charge in [0, 0.05) is 37.9 Å². The zero-order valence-electron chi connectivity index (χ0n) is 10.5. The van der Waals surface area contributed by atoms with Gasteiger partial charge < -0.3 is 9.88 Å². The Morgan fingerprint density at radius 3 is 3.12 bits per heavy atom. The molecular formula is C13H21N3O. The highest BCUT2D eigenvalue weighted by Crippen LogP contribution is 2.18. The van der Waals surface area contributed by atoms with Crippen LogP contribution in [0, 0.1) is 0 Å². The van der Waals surface area contributed by atoms with Gasteiger partial charge in [-0.2, -0.15) is 0 Å². The van der Waals surface area contributed by atoms with Gasteiger partial charge in [-0.15, -0.1) is 0 Å². The van der Waals surface area contributed by atoms with E-state index in [0.29, 0.717) is 18.9 Å². The fraction of sp³-hybridized carbons (Fsp3) is 0.692. The van der Waals surface area contributed by atoms with E-state index >= 15 is 0 Å². The molecule has 4 nitrogen and oxygen atoms in total. The molecule has 17 heavy (non-hydrogen) atoms. The summed E-state index contributed by atoms with van der Waals surface area (Å²) in [6, 6.07) is 0.685. The number of nitrogens with zero attached hydrogens (tertiary/aromatic N) is 2. The van der Waals surface area contributed by atoms with Crippen molar-refractivity contribution in [2.24, 2.45) is 0 Å². The van der Waals surface area contributed by atoms with Gasteiger partial charge in [-0.1, -0.05) is 6.92 Å². The molecule has 0 unspecified atom stereocenters. The molecule has 1 aliphatic rings. The van der Waals surface area contributed by atoms with Crippen LogP contribution in [-0.2, 0) is 17.8 Å². The Labute approximate surface area is 102 Å². The maximum atomic E-state index is 11.8. The molecule has 0 saturated heterocycles. The van der Waals surface area contributed by atoms with Crippen LogP contribution in [0.25, 0.3) is 0 Å². The van der Waals surface area contributed by atoms with Crippen LogP contribution in [0.3, 0.4) is 0 Å². The molecule has 0 amide bonds. The lowest BCUT2D eigenvalue weighted by Gasteiger charge is -2.06. The highest BCUT2D eigenvalue weighted by Gasteiger charge is 2.20. The van der Waals surface area contributed by atoms with Crippen molar-refractivity contribution in [2.75, 3.05) is 6.54 Å². The molecular weight excluding hydrogens is 214 g/mol. The first-order valence-electron chi connectivity index (χ1n) is 6.54. The largest absolute Gasteiger partial charge is 0.335 e. The van der Waals surface area contributed by atoms with E-state index in [2.05, 4.69) is 21.8 Å². The molecule has 2 rings (SSSR count). The molecule has 1 saturated carbocycles. The van der Waals surface area contributed by atoms with Crippen LogP contribution in [0.5, 0.6) is 0 Å². The lowest BCUT2D eigenvalue weighted by molar-refractivity contribution is -0.118. The minimum atomic E-state index is 0.279.